The van der Waals surface area contributed by atoms with Crippen LogP contribution in [0, 0.1) is 16.9 Å². The molecule has 2 N–H and O–H groups in total. The second kappa shape index (κ2) is 15.5. The number of allylic oxidation sites excluding steroid dienone is 3. The zero-order valence-corrected chi connectivity index (χ0v) is 33.6. The summed E-state index contributed by atoms with van der Waals surface area (Å²) in [6.07, 6.45) is 5.52. The van der Waals surface area contributed by atoms with Crippen molar-refractivity contribution in [3.05, 3.63) is 87.5 Å². The monoisotopic (exact) mass is 848 g/mol. The van der Waals surface area contributed by atoms with Gasteiger partial charge in [-0.1, -0.05) is 85.0 Å². The molecule has 1 aliphatic heterocycles. The number of aliphatic hydroxyl groups is 1. The van der Waals surface area contributed by atoms with Gasteiger partial charge < -0.3 is 19.9 Å². The van der Waals surface area contributed by atoms with Gasteiger partial charge in [0.2, 0.25) is 0 Å². The standard InChI is InChI=1S/C26H25NO2S.C15H28O2.Ir/c1-14(2)21-18(28)6-7-19-22(21)23-20(29-19)8-10-27-24(23)16-12-15-9-11-30-25(15)17(13-16)26(3,4)5;1-7-14(5,8-2)12(16)11-13(17)15(6,9-3)10-4;/h6-7,9,11,13,24,28H,1,8,10H2,2-5H3;11,16H,7-10H2,1-6H3;/q-2;;/b;12-11-;. The molecule has 0 saturated carbocycles. The number of hydrogen-bond donors (Lipinski definition) is 2. The molecule has 1 atom stereocenters. The molecule has 0 aliphatic carbocycles. The molecule has 5 rings (SSSR count). The molecule has 2 aromatic carbocycles. The maximum Gasteiger partial charge on any atom is 0.164 e. The van der Waals surface area contributed by atoms with Gasteiger partial charge in [-0.3, -0.25) is 4.79 Å². The Labute approximate surface area is 305 Å². The third kappa shape index (κ3) is 7.70. The number of furan rings is 1. The van der Waals surface area contributed by atoms with E-state index in [1.54, 1.807) is 17.4 Å². The third-order valence-electron chi connectivity index (χ3n) is 10.5. The molecule has 3 heterocycles. The predicted molar refractivity (Wildman–Crippen MR) is 199 cm³/mol. The number of rotatable bonds is 9. The summed E-state index contributed by atoms with van der Waals surface area (Å²) in [5.74, 6) is 1.47. The second-order valence-corrected chi connectivity index (χ2v) is 15.5. The Bertz CT molecular complexity index is 1800. The van der Waals surface area contributed by atoms with Gasteiger partial charge in [0.1, 0.15) is 22.9 Å². The van der Waals surface area contributed by atoms with Crippen LogP contribution >= 0.6 is 11.3 Å². The van der Waals surface area contributed by atoms with Crippen molar-refractivity contribution in [3.63, 3.8) is 0 Å². The number of ketones is 1. The Morgan fingerprint density at radius 3 is 2.25 bits per heavy atom. The average molecular weight is 848 g/mol. The molecule has 263 valence electrons. The SMILES string of the molecule is C=C(C)c1c(O)ccc2oc3c(c12)C(c1[c-]c2ccsc2c(C(C)(C)C)c1)[N-]CC3.CCC(C)(CC)C(=O)/C=C(\O)C(C)(CC)CC.[Ir]. The molecular formula is C41H53IrNO4S-2. The van der Waals surface area contributed by atoms with Gasteiger partial charge in [-0.2, -0.15) is 0 Å². The molecule has 1 radical (unpaired) electrons. The number of aliphatic hydroxyl groups excluding tert-OH is 1. The first-order valence-corrected chi connectivity index (χ1v) is 17.9. The van der Waals surface area contributed by atoms with Crippen molar-refractivity contribution in [2.24, 2.45) is 10.8 Å². The zero-order valence-electron chi connectivity index (χ0n) is 30.4. The minimum absolute atomic E-state index is 0. The summed E-state index contributed by atoms with van der Waals surface area (Å²) in [5, 5.41) is 29.9. The van der Waals surface area contributed by atoms with E-state index >= 15 is 0 Å². The summed E-state index contributed by atoms with van der Waals surface area (Å²) < 4.78 is 7.53. The number of phenolic OH excluding ortho intramolecular Hbond substituents is 1. The maximum absolute atomic E-state index is 12.2. The fourth-order valence-electron chi connectivity index (χ4n) is 6.22. The molecule has 1 aliphatic rings. The van der Waals surface area contributed by atoms with Crippen molar-refractivity contribution in [3.8, 4) is 5.75 Å². The van der Waals surface area contributed by atoms with Crippen LogP contribution in [0.5, 0.6) is 5.75 Å². The van der Waals surface area contributed by atoms with Crippen LogP contribution in [-0.4, -0.2) is 22.5 Å². The Hall–Kier alpha value is -2.70. The molecule has 2 aromatic heterocycles. The Morgan fingerprint density at radius 1 is 1.06 bits per heavy atom. The number of benzene rings is 2. The van der Waals surface area contributed by atoms with Crippen LogP contribution in [0.15, 0.2) is 52.5 Å². The molecular weight excluding hydrogens is 795 g/mol. The predicted octanol–water partition coefficient (Wildman–Crippen LogP) is 12.2. The summed E-state index contributed by atoms with van der Waals surface area (Å²) in [6, 6.07) is 11.4. The molecule has 5 nitrogen and oxygen atoms in total. The number of thiophene rings is 1. The molecule has 4 aromatic rings. The molecule has 0 amide bonds. The van der Waals surface area contributed by atoms with Crippen LogP contribution in [0.2, 0.25) is 0 Å². The van der Waals surface area contributed by atoms with E-state index < -0.39 is 0 Å². The number of hydrogen-bond acceptors (Lipinski definition) is 5. The van der Waals surface area contributed by atoms with Gasteiger partial charge in [-0.05, 0) is 67.7 Å². The minimum Gasteiger partial charge on any atom is -0.653 e. The van der Waals surface area contributed by atoms with E-state index in [-0.39, 0.29) is 59.7 Å². The largest absolute Gasteiger partial charge is 0.653 e. The summed E-state index contributed by atoms with van der Waals surface area (Å²) in [5.41, 5.74) is 5.20. The minimum atomic E-state index is -0.337. The van der Waals surface area contributed by atoms with Crippen molar-refractivity contribution in [1.82, 2.24) is 0 Å². The van der Waals surface area contributed by atoms with Gasteiger partial charge in [0.05, 0.1) is 0 Å². The van der Waals surface area contributed by atoms with Crippen molar-refractivity contribution in [2.75, 3.05) is 6.54 Å². The summed E-state index contributed by atoms with van der Waals surface area (Å²) in [6.45, 7) is 25.6. The van der Waals surface area contributed by atoms with Gasteiger partial charge >= 0.3 is 0 Å². The first-order chi connectivity index (χ1) is 22.0. The summed E-state index contributed by atoms with van der Waals surface area (Å²) >= 11 is 1.77. The van der Waals surface area contributed by atoms with E-state index in [4.69, 9.17) is 9.73 Å². The number of fused-ring (bicyclic) bond motifs is 4. The van der Waals surface area contributed by atoms with E-state index in [2.05, 4.69) is 50.9 Å². The fraction of sp³-hybridized carbons (Fsp3) is 0.488. The van der Waals surface area contributed by atoms with E-state index in [1.807, 2.05) is 54.5 Å². The van der Waals surface area contributed by atoms with Crippen LogP contribution in [0.4, 0.5) is 0 Å². The molecule has 7 heteroatoms. The van der Waals surface area contributed by atoms with E-state index in [0.29, 0.717) is 6.54 Å². The number of carbonyl (C=O) groups excluding carboxylic acids is 1. The smallest absolute Gasteiger partial charge is 0.164 e. The molecule has 48 heavy (non-hydrogen) atoms. The van der Waals surface area contributed by atoms with Crippen LogP contribution in [-0.2, 0) is 36.7 Å². The second-order valence-electron chi connectivity index (χ2n) is 14.6. The van der Waals surface area contributed by atoms with Gasteiger partial charge in [-0.15, -0.1) is 41.3 Å². The number of phenols is 1. The first-order valence-electron chi connectivity index (χ1n) is 17.0. The quantitative estimate of drug-likeness (QED) is 0.0998. The van der Waals surface area contributed by atoms with E-state index in [9.17, 15) is 15.0 Å². The molecule has 1 unspecified atom stereocenters. The van der Waals surface area contributed by atoms with Gasteiger partial charge in [0.15, 0.2) is 5.78 Å². The Balaban J connectivity index is 0.000000301. The van der Waals surface area contributed by atoms with Gasteiger partial charge in [-0.25, -0.2) is 11.3 Å². The average Bonchev–Trinajstić information content (AvgIpc) is 3.67. The summed E-state index contributed by atoms with van der Waals surface area (Å²) in [7, 11) is 0. The van der Waals surface area contributed by atoms with E-state index in [0.717, 1.165) is 76.5 Å². The van der Waals surface area contributed by atoms with Crippen LogP contribution in [0.25, 0.3) is 31.9 Å². The van der Waals surface area contributed by atoms with Crippen molar-refractivity contribution >= 4 is 43.7 Å². The zero-order chi connectivity index (χ0) is 34.9. The Kier molecular flexibility index (Phi) is 12.8. The number of nitrogens with zero attached hydrogens (tertiary/aromatic N) is 1. The normalized spacial score (nSPS) is 15.5. The van der Waals surface area contributed by atoms with Crippen LogP contribution in [0.3, 0.4) is 0 Å². The Morgan fingerprint density at radius 2 is 1.69 bits per heavy atom. The van der Waals surface area contributed by atoms with Gasteiger partial charge in [0.25, 0.3) is 0 Å². The van der Waals surface area contributed by atoms with Gasteiger partial charge in [0, 0.05) is 48.0 Å². The fourth-order valence-corrected chi connectivity index (χ4v) is 7.29. The van der Waals surface area contributed by atoms with Crippen LogP contribution in [0.1, 0.15) is 129 Å². The third-order valence-corrected chi connectivity index (χ3v) is 11.4. The number of aromatic hydroxyl groups is 1. The van der Waals surface area contributed by atoms with Crippen LogP contribution < -0.4 is 0 Å². The molecule has 0 fully saturated rings. The van der Waals surface area contributed by atoms with Crippen molar-refractivity contribution < 1.29 is 39.5 Å². The maximum atomic E-state index is 12.2. The first kappa shape index (κ1) is 39.7. The summed E-state index contributed by atoms with van der Waals surface area (Å²) in [4.78, 5) is 12.2. The van der Waals surface area contributed by atoms with E-state index in [1.165, 1.54) is 16.3 Å². The van der Waals surface area contributed by atoms with Crippen molar-refractivity contribution in [2.45, 2.75) is 113 Å². The topological polar surface area (TPSA) is 84.8 Å². The molecule has 0 bridgehead atoms. The molecule has 0 spiro atoms. The van der Waals surface area contributed by atoms with Crippen molar-refractivity contribution in [1.29, 1.82) is 0 Å². The number of carbonyl (C=O) groups is 1. The molecule has 0 saturated heterocycles.